The fourth-order valence-corrected chi connectivity index (χ4v) is 3.21. The maximum absolute atomic E-state index is 12.2. The molecule has 2 aromatic rings. The Morgan fingerprint density at radius 1 is 1.20 bits per heavy atom. The molecule has 0 aliphatic heterocycles. The number of rotatable bonds is 8. The Balaban J connectivity index is 1.34. The number of nitrogens with one attached hydrogen (secondary N) is 1. The second-order valence-electron chi connectivity index (χ2n) is 6.67. The number of nitrogens with zero attached hydrogens (tertiary/aromatic N) is 2. The minimum atomic E-state index is -0.0214. The normalized spacial score (nSPS) is 15.2. The van der Waals surface area contributed by atoms with Gasteiger partial charge in [-0.2, -0.15) is 0 Å². The molecule has 0 atom stereocenters. The topological polar surface area (TPSA) is 56.1 Å². The molecule has 25 heavy (non-hydrogen) atoms. The average molecular weight is 341 g/mol. The van der Waals surface area contributed by atoms with Gasteiger partial charge >= 0.3 is 0 Å². The number of carbonyl (C=O) groups excluding carboxylic acids is 1. The summed E-state index contributed by atoms with van der Waals surface area (Å²) in [6.07, 6.45) is 13.1. The Morgan fingerprint density at radius 2 is 2.00 bits per heavy atom. The summed E-state index contributed by atoms with van der Waals surface area (Å²) in [4.78, 5) is 16.2. The minimum absolute atomic E-state index is 0.0214. The summed E-state index contributed by atoms with van der Waals surface area (Å²) in [6, 6.07) is 7.72. The van der Waals surface area contributed by atoms with Crippen molar-refractivity contribution in [3.63, 3.8) is 0 Å². The van der Waals surface area contributed by atoms with Gasteiger partial charge in [-0.25, -0.2) is 4.98 Å². The molecule has 1 saturated carbocycles. The highest BCUT2D eigenvalue weighted by molar-refractivity contribution is 5.94. The lowest BCUT2D eigenvalue weighted by atomic mass is 9.98. The lowest BCUT2D eigenvalue weighted by Gasteiger charge is -2.21. The first-order chi connectivity index (χ1) is 12.3. The van der Waals surface area contributed by atoms with Gasteiger partial charge in [-0.1, -0.05) is 31.4 Å². The van der Waals surface area contributed by atoms with Crippen molar-refractivity contribution in [3.05, 3.63) is 54.1 Å². The monoisotopic (exact) mass is 341 g/mol. The van der Waals surface area contributed by atoms with E-state index in [2.05, 4.69) is 10.3 Å². The molecule has 0 radical (unpaired) electrons. The summed E-state index contributed by atoms with van der Waals surface area (Å²) >= 11 is 0. The second kappa shape index (κ2) is 9.37. The van der Waals surface area contributed by atoms with Gasteiger partial charge in [-0.05, 0) is 37.0 Å². The van der Waals surface area contributed by atoms with Gasteiger partial charge in [-0.15, -0.1) is 0 Å². The zero-order valence-corrected chi connectivity index (χ0v) is 14.7. The first-order valence-corrected chi connectivity index (χ1v) is 9.26. The molecule has 5 nitrogen and oxygen atoms in total. The number of benzene rings is 1. The van der Waals surface area contributed by atoms with Crippen LogP contribution in [0.25, 0.3) is 0 Å². The summed E-state index contributed by atoms with van der Waals surface area (Å²) in [5.74, 6) is -0.0214. The molecule has 1 N–H and O–H groups in total. The van der Waals surface area contributed by atoms with Crippen molar-refractivity contribution >= 4 is 5.91 Å². The Bertz CT molecular complexity index is 631. The predicted molar refractivity (Wildman–Crippen MR) is 97.5 cm³/mol. The molecular weight excluding hydrogens is 314 g/mol. The van der Waals surface area contributed by atoms with Crippen molar-refractivity contribution < 1.29 is 9.53 Å². The standard InChI is InChI=1S/C20H27N3O2/c24-20(22-11-4-14-25-19-5-2-1-3-6-19)18-9-7-17(8-10-18)15-23-13-12-21-16-23/h7-10,12-13,16,19H,1-6,11,14-15H2,(H,22,24). The number of imidazole rings is 1. The molecule has 1 fully saturated rings. The molecule has 1 aliphatic rings. The van der Waals surface area contributed by atoms with Crippen LogP contribution in [0.1, 0.15) is 54.4 Å². The molecule has 3 rings (SSSR count). The van der Waals surface area contributed by atoms with Gasteiger partial charge in [0.05, 0.1) is 12.4 Å². The summed E-state index contributed by atoms with van der Waals surface area (Å²) in [5.41, 5.74) is 1.85. The molecule has 1 amide bonds. The van der Waals surface area contributed by atoms with Crippen LogP contribution in [-0.4, -0.2) is 34.7 Å². The van der Waals surface area contributed by atoms with Crippen molar-refractivity contribution in [1.29, 1.82) is 0 Å². The van der Waals surface area contributed by atoms with Crippen LogP contribution in [0.4, 0.5) is 0 Å². The second-order valence-corrected chi connectivity index (χ2v) is 6.67. The quantitative estimate of drug-likeness (QED) is 0.749. The molecule has 0 unspecified atom stereocenters. The van der Waals surface area contributed by atoms with E-state index in [0.717, 1.165) is 25.1 Å². The van der Waals surface area contributed by atoms with Crippen LogP contribution < -0.4 is 5.32 Å². The number of hydrogen-bond acceptors (Lipinski definition) is 3. The maximum atomic E-state index is 12.2. The van der Waals surface area contributed by atoms with Crippen molar-refractivity contribution in [2.75, 3.05) is 13.2 Å². The van der Waals surface area contributed by atoms with E-state index in [1.165, 1.54) is 32.1 Å². The van der Waals surface area contributed by atoms with Crippen molar-refractivity contribution in [1.82, 2.24) is 14.9 Å². The Morgan fingerprint density at radius 3 is 2.72 bits per heavy atom. The third-order valence-electron chi connectivity index (χ3n) is 4.65. The van der Waals surface area contributed by atoms with Crippen LogP contribution in [0.15, 0.2) is 43.0 Å². The Labute approximate surface area is 149 Å². The van der Waals surface area contributed by atoms with E-state index in [9.17, 15) is 4.79 Å². The van der Waals surface area contributed by atoms with Gasteiger partial charge in [0, 0.05) is 37.7 Å². The van der Waals surface area contributed by atoms with Gasteiger partial charge in [-0.3, -0.25) is 4.79 Å². The van der Waals surface area contributed by atoms with Crippen LogP contribution in [0.3, 0.4) is 0 Å². The van der Waals surface area contributed by atoms with E-state index in [4.69, 9.17) is 4.74 Å². The van der Waals surface area contributed by atoms with Gasteiger partial charge in [0.2, 0.25) is 0 Å². The molecule has 1 heterocycles. The van der Waals surface area contributed by atoms with Crippen LogP contribution in [0, 0.1) is 0 Å². The first kappa shape index (κ1) is 17.7. The van der Waals surface area contributed by atoms with Gasteiger partial charge in [0.1, 0.15) is 0 Å². The van der Waals surface area contributed by atoms with Crippen LogP contribution in [0.5, 0.6) is 0 Å². The van der Waals surface area contributed by atoms with Crippen LogP contribution in [0.2, 0.25) is 0 Å². The maximum Gasteiger partial charge on any atom is 0.251 e. The van der Waals surface area contributed by atoms with Crippen LogP contribution >= 0.6 is 0 Å². The van der Waals surface area contributed by atoms with Crippen molar-refractivity contribution in [2.24, 2.45) is 0 Å². The highest BCUT2D eigenvalue weighted by Gasteiger charge is 2.13. The predicted octanol–water partition coefficient (Wildman–Crippen LogP) is 3.40. The fourth-order valence-electron chi connectivity index (χ4n) is 3.21. The number of hydrogen-bond donors (Lipinski definition) is 1. The van der Waals surface area contributed by atoms with E-state index in [1.54, 1.807) is 12.5 Å². The van der Waals surface area contributed by atoms with Gasteiger partial charge in [0.25, 0.3) is 5.91 Å². The highest BCUT2D eigenvalue weighted by atomic mass is 16.5. The van der Waals surface area contributed by atoms with E-state index >= 15 is 0 Å². The minimum Gasteiger partial charge on any atom is -0.378 e. The molecule has 5 heteroatoms. The Hall–Kier alpha value is -2.14. The first-order valence-electron chi connectivity index (χ1n) is 9.26. The number of carbonyl (C=O) groups is 1. The third kappa shape index (κ3) is 5.71. The number of ether oxygens (including phenoxy) is 1. The molecule has 0 saturated heterocycles. The highest BCUT2D eigenvalue weighted by Crippen LogP contribution is 2.20. The summed E-state index contributed by atoms with van der Waals surface area (Å²) < 4.78 is 7.88. The van der Waals surface area contributed by atoms with E-state index < -0.39 is 0 Å². The molecule has 0 bridgehead atoms. The smallest absolute Gasteiger partial charge is 0.251 e. The zero-order valence-electron chi connectivity index (χ0n) is 14.7. The van der Waals surface area contributed by atoms with Crippen molar-refractivity contribution in [3.8, 4) is 0 Å². The Kier molecular flexibility index (Phi) is 6.63. The SMILES string of the molecule is O=C(NCCCOC1CCCCC1)c1ccc(Cn2ccnc2)cc1. The fraction of sp³-hybridized carbons (Fsp3) is 0.500. The zero-order chi connectivity index (χ0) is 17.3. The lowest BCUT2D eigenvalue weighted by molar-refractivity contribution is 0.0273. The summed E-state index contributed by atoms with van der Waals surface area (Å²) in [6.45, 7) is 2.15. The number of amides is 1. The average Bonchev–Trinajstić information content (AvgIpc) is 3.16. The lowest BCUT2D eigenvalue weighted by Crippen LogP contribution is -2.26. The summed E-state index contributed by atoms with van der Waals surface area (Å²) in [5, 5.41) is 2.97. The van der Waals surface area contributed by atoms with Crippen molar-refractivity contribution in [2.45, 2.75) is 51.2 Å². The molecule has 0 spiro atoms. The molecule has 1 aromatic carbocycles. The van der Waals surface area contributed by atoms with Gasteiger partial charge in [0.15, 0.2) is 0 Å². The van der Waals surface area contributed by atoms with E-state index in [-0.39, 0.29) is 5.91 Å². The van der Waals surface area contributed by atoms with Crippen LogP contribution in [-0.2, 0) is 11.3 Å². The molecule has 1 aliphatic carbocycles. The van der Waals surface area contributed by atoms with E-state index in [1.807, 2.05) is 35.0 Å². The number of aromatic nitrogens is 2. The summed E-state index contributed by atoms with van der Waals surface area (Å²) in [7, 11) is 0. The molecular formula is C20H27N3O2. The largest absolute Gasteiger partial charge is 0.378 e. The van der Waals surface area contributed by atoms with E-state index in [0.29, 0.717) is 18.2 Å². The molecule has 1 aromatic heterocycles. The third-order valence-corrected chi connectivity index (χ3v) is 4.65. The van der Waals surface area contributed by atoms with Gasteiger partial charge < -0.3 is 14.6 Å². The molecule has 134 valence electrons.